The number of hydrogen-bond donors (Lipinski definition) is 0. The number of carbonyl (C=O) groups excluding carboxylic acids is 2. The molecule has 0 unspecified atom stereocenters. The average molecular weight is 311 g/mol. The molecule has 0 atom stereocenters. The highest BCUT2D eigenvalue weighted by Gasteiger charge is 2.35. The Bertz CT molecular complexity index is 581. The van der Waals surface area contributed by atoms with Gasteiger partial charge >= 0.3 is 0 Å². The van der Waals surface area contributed by atoms with Gasteiger partial charge in [-0.15, -0.1) is 0 Å². The van der Waals surface area contributed by atoms with Crippen molar-refractivity contribution in [3.05, 3.63) is 34.6 Å². The fourth-order valence-electron chi connectivity index (χ4n) is 2.53. The Hall–Kier alpha value is -1.62. The number of halogens is 2. The largest absolute Gasteiger partial charge is 0.339 e. The van der Waals surface area contributed by atoms with E-state index in [0.29, 0.717) is 31.7 Å². The summed E-state index contributed by atoms with van der Waals surface area (Å²) >= 11 is 5.70. The van der Waals surface area contributed by atoms with Crippen molar-refractivity contribution in [2.75, 3.05) is 26.2 Å². The Morgan fingerprint density at radius 1 is 1.10 bits per heavy atom. The molecular weight excluding hydrogens is 295 g/mol. The second-order valence-electron chi connectivity index (χ2n) is 5.52. The van der Waals surface area contributed by atoms with Crippen molar-refractivity contribution in [2.24, 2.45) is 5.92 Å². The SMILES string of the molecule is O=C(c1ccc(F)c(Cl)c1)N1CCN(C(=O)C2CC2)CC1. The lowest BCUT2D eigenvalue weighted by Crippen LogP contribution is -2.51. The maximum atomic E-state index is 13.1. The van der Waals surface area contributed by atoms with Crippen molar-refractivity contribution in [1.82, 2.24) is 9.80 Å². The van der Waals surface area contributed by atoms with Crippen LogP contribution in [0.3, 0.4) is 0 Å². The smallest absolute Gasteiger partial charge is 0.254 e. The zero-order valence-electron chi connectivity index (χ0n) is 11.5. The zero-order chi connectivity index (χ0) is 15.0. The van der Waals surface area contributed by atoms with Crippen LogP contribution >= 0.6 is 11.6 Å². The summed E-state index contributed by atoms with van der Waals surface area (Å²) in [6.07, 6.45) is 1.98. The van der Waals surface area contributed by atoms with Crippen LogP contribution in [0.5, 0.6) is 0 Å². The highest BCUT2D eigenvalue weighted by molar-refractivity contribution is 6.31. The van der Waals surface area contributed by atoms with Crippen molar-refractivity contribution < 1.29 is 14.0 Å². The van der Waals surface area contributed by atoms with E-state index in [1.807, 2.05) is 4.90 Å². The van der Waals surface area contributed by atoms with Crippen LogP contribution in [0.15, 0.2) is 18.2 Å². The molecular formula is C15H16ClFN2O2. The van der Waals surface area contributed by atoms with Crippen molar-refractivity contribution in [1.29, 1.82) is 0 Å². The third-order valence-electron chi connectivity index (χ3n) is 3.97. The van der Waals surface area contributed by atoms with E-state index in [-0.39, 0.29) is 22.8 Å². The number of piperazine rings is 1. The first-order valence-electron chi connectivity index (χ1n) is 7.09. The van der Waals surface area contributed by atoms with E-state index in [1.54, 1.807) is 4.90 Å². The van der Waals surface area contributed by atoms with Gasteiger partial charge in [0.15, 0.2) is 0 Å². The van der Waals surface area contributed by atoms with Crippen LogP contribution in [-0.4, -0.2) is 47.8 Å². The van der Waals surface area contributed by atoms with Crippen LogP contribution in [0.1, 0.15) is 23.2 Å². The van der Waals surface area contributed by atoms with Crippen LogP contribution in [-0.2, 0) is 4.79 Å². The summed E-state index contributed by atoms with van der Waals surface area (Å²) in [6.45, 7) is 2.14. The standard InChI is InChI=1S/C15H16ClFN2O2/c16-12-9-11(3-4-13(12)17)15(21)19-7-5-18(6-8-19)14(20)10-1-2-10/h3-4,9-10H,1-2,5-8H2. The molecule has 1 saturated carbocycles. The average Bonchev–Trinajstić information content (AvgIpc) is 3.33. The topological polar surface area (TPSA) is 40.6 Å². The summed E-state index contributed by atoms with van der Waals surface area (Å²) in [7, 11) is 0. The summed E-state index contributed by atoms with van der Waals surface area (Å²) in [6, 6.07) is 3.98. The van der Waals surface area contributed by atoms with Gasteiger partial charge in [-0.2, -0.15) is 0 Å². The van der Waals surface area contributed by atoms with Gasteiger partial charge in [-0.05, 0) is 31.0 Å². The monoisotopic (exact) mass is 310 g/mol. The molecule has 1 aromatic carbocycles. The quantitative estimate of drug-likeness (QED) is 0.840. The van der Waals surface area contributed by atoms with E-state index in [4.69, 9.17) is 11.6 Å². The molecule has 2 amide bonds. The highest BCUT2D eigenvalue weighted by Crippen LogP contribution is 2.31. The first-order chi connectivity index (χ1) is 10.1. The molecule has 112 valence electrons. The van der Waals surface area contributed by atoms with Crippen LogP contribution in [0.4, 0.5) is 4.39 Å². The zero-order valence-corrected chi connectivity index (χ0v) is 12.3. The Morgan fingerprint density at radius 2 is 1.71 bits per heavy atom. The number of rotatable bonds is 2. The minimum absolute atomic E-state index is 0.0524. The maximum Gasteiger partial charge on any atom is 0.254 e. The minimum atomic E-state index is -0.534. The molecule has 2 fully saturated rings. The summed E-state index contributed by atoms with van der Waals surface area (Å²) in [5, 5.41) is -0.0524. The summed E-state index contributed by atoms with van der Waals surface area (Å²) in [4.78, 5) is 27.8. The van der Waals surface area contributed by atoms with Gasteiger partial charge in [0.2, 0.25) is 5.91 Å². The number of nitrogens with zero attached hydrogens (tertiary/aromatic N) is 2. The lowest BCUT2D eigenvalue weighted by molar-refractivity contribution is -0.134. The van der Waals surface area contributed by atoms with Crippen LogP contribution < -0.4 is 0 Å². The molecule has 0 aromatic heterocycles. The number of benzene rings is 1. The van der Waals surface area contributed by atoms with Gasteiger partial charge in [-0.25, -0.2) is 4.39 Å². The number of hydrogen-bond acceptors (Lipinski definition) is 2. The molecule has 0 spiro atoms. The second kappa shape index (κ2) is 5.64. The molecule has 0 bridgehead atoms. The predicted octanol–water partition coefficient (Wildman–Crippen LogP) is 2.17. The Kier molecular flexibility index (Phi) is 3.85. The van der Waals surface area contributed by atoms with Crippen LogP contribution in [0.25, 0.3) is 0 Å². The van der Waals surface area contributed by atoms with Crippen molar-refractivity contribution in [3.8, 4) is 0 Å². The molecule has 1 aromatic rings. The van der Waals surface area contributed by atoms with Gasteiger partial charge in [0.25, 0.3) is 5.91 Å². The maximum absolute atomic E-state index is 13.1. The van der Waals surface area contributed by atoms with E-state index in [2.05, 4.69) is 0 Å². The van der Waals surface area contributed by atoms with E-state index >= 15 is 0 Å². The third-order valence-corrected chi connectivity index (χ3v) is 4.26. The molecule has 3 rings (SSSR count). The van der Waals surface area contributed by atoms with E-state index in [9.17, 15) is 14.0 Å². The minimum Gasteiger partial charge on any atom is -0.339 e. The van der Waals surface area contributed by atoms with Crippen molar-refractivity contribution in [2.45, 2.75) is 12.8 Å². The van der Waals surface area contributed by atoms with Gasteiger partial charge in [0.1, 0.15) is 5.82 Å². The number of amides is 2. The fraction of sp³-hybridized carbons (Fsp3) is 0.467. The van der Waals surface area contributed by atoms with Gasteiger partial charge in [0.05, 0.1) is 5.02 Å². The molecule has 1 aliphatic carbocycles. The normalized spacial score (nSPS) is 18.8. The van der Waals surface area contributed by atoms with Gasteiger partial charge in [-0.1, -0.05) is 11.6 Å². The summed E-state index contributed by atoms with van der Waals surface area (Å²) < 4.78 is 13.1. The fourth-order valence-corrected chi connectivity index (χ4v) is 2.71. The molecule has 2 aliphatic rings. The van der Waals surface area contributed by atoms with Crippen molar-refractivity contribution in [3.63, 3.8) is 0 Å². The Labute approximate surface area is 127 Å². The van der Waals surface area contributed by atoms with Gasteiger partial charge in [0, 0.05) is 37.7 Å². The Morgan fingerprint density at radius 3 is 2.29 bits per heavy atom. The molecule has 0 N–H and O–H groups in total. The summed E-state index contributed by atoms with van der Waals surface area (Å²) in [5.74, 6) is -0.279. The molecule has 1 aliphatic heterocycles. The molecule has 1 saturated heterocycles. The second-order valence-corrected chi connectivity index (χ2v) is 5.93. The van der Waals surface area contributed by atoms with E-state index < -0.39 is 5.82 Å². The first kappa shape index (κ1) is 14.3. The molecule has 0 radical (unpaired) electrons. The van der Waals surface area contributed by atoms with Gasteiger partial charge < -0.3 is 9.80 Å². The Balaban J connectivity index is 1.61. The number of carbonyl (C=O) groups is 2. The lowest BCUT2D eigenvalue weighted by atomic mass is 10.1. The predicted molar refractivity (Wildman–Crippen MR) is 76.6 cm³/mol. The molecule has 4 nitrogen and oxygen atoms in total. The van der Waals surface area contributed by atoms with E-state index in [0.717, 1.165) is 12.8 Å². The third kappa shape index (κ3) is 3.02. The molecule has 1 heterocycles. The lowest BCUT2D eigenvalue weighted by Gasteiger charge is -2.35. The van der Waals surface area contributed by atoms with E-state index in [1.165, 1.54) is 18.2 Å². The van der Waals surface area contributed by atoms with Crippen molar-refractivity contribution >= 4 is 23.4 Å². The van der Waals surface area contributed by atoms with Gasteiger partial charge in [-0.3, -0.25) is 9.59 Å². The highest BCUT2D eigenvalue weighted by atomic mass is 35.5. The molecule has 21 heavy (non-hydrogen) atoms. The summed E-state index contributed by atoms with van der Waals surface area (Å²) in [5.41, 5.74) is 0.378. The first-order valence-corrected chi connectivity index (χ1v) is 7.47. The van der Waals surface area contributed by atoms with Crippen LogP contribution in [0.2, 0.25) is 5.02 Å². The van der Waals surface area contributed by atoms with Crippen LogP contribution in [0, 0.1) is 11.7 Å². The molecule has 6 heteroatoms.